The molecule has 0 bridgehead atoms. The Morgan fingerprint density at radius 1 is 1.39 bits per heavy atom. The summed E-state index contributed by atoms with van der Waals surface area (Å²) in [5.41, 5.74) is 0.692. The van der Waals surface area contributed by atoms with Gasteiger partial charge in [-0.1, -0.05) is 11.6 Å². The molecule has 1 aliphatic heterocycles. The van der Waals surface area contributed by atoms with Crippen molar-refractivity contribution in [1.82, 2.24) is 14.8 Å². The van der Waals surface area contributed by atoms with Gasteiger partial charge >= 0.3 is 0 Å². The molecule has 1 aliphatic rings. The molecule has 1 aromatic heterocycles. The van der Waals surface area contributed by atoms with Crippen molar-refractivity contribution in [3.63, 3.8) is 0 Å². The number of amides is 1. The first kappa shape index (κ1) is 13.4. The maximum Gasteiger partial charge on any atom is 0.270 e. The first-order valence-corrected chi connectivity index (χ1v) is 6.84. The van der Waals surface area contributed by atoms with Crippen molar-refractivity contribution < 1.29 is 4.79 Å². The van der Waals surface area contributed by atoms with Crippen molar-refractivity contribution >= 4 is 17.5 Å². The van der Waals surface area contributed by atoms with Crippen LogP contribution >= 0.6 is 11.6 Å². The number of hydrogen-bond donors (Lipinski definition) is 1. The second-order valence-electron chi connectivity index (χ2n) is 4.94. The Balaban J connectivity index is 2.21. The summed E-state index contributed by atoms with van der Waals surface area (Å²) in [6, 6.07) is 2.00. The molecule has 0 radical (unpaired) electrons. The second-order valence-corrected chi connectivity index (χ2v) is 5.38. The molecule has 0 spiro atoms. The standard InChI is InChI=1S/C13H20ClN3O/c1-10(2)17-9-11(14)8-12(17)13(18)16-6-3-4-15-5-7-16/h8-10,15H,3-7H2,1-2H3. The molecule has 0 atom stereocenters. The predicted octanol–water partition coefficient (Wildman–Crippen LogP) is 2.16. The third-order valence-electron chi connectivity index (χ3n) is 3.22. The Kier molecular flexibility index (Phi) is 4.30. The van der Waals surface area contributed by atoms with E-state index in [1.54, 1.807) is 6.07 Å². The summed E-state index contributed by atoms with van der Waals surface area (Å²) in [5, 5.41) is 3.92. The maximum absolute atomic E-state index is 12.5. The van der Waals surface area contributed by atoms with Gasteiger partial charge < -0.3 is 14.8 Å². The van der Waals surface area contributed by atoms with Crippen LogP contribution in [0, 0.1) is 0 Å². The smallest absolute Gasteiger partial charge is 0.270 e. The largest absolute Gasteiger partial charge is 0.339 e. The Morgan fingerprint density at radius 2 is 2.17 bits per heavy atom. The summed E-state index contributed by atoms with van der Waals surface area (Å²) in [5.74, 6) is 0.0827. The predicted molar refractivity (Wildman–Crippen MR) is 73.2 cm³/mol. The minimum absolute atomic E-state index is 0.0827. The maximum atomic E-state index is 12.5. The van der Waals surface area contributed by atoms with E-state index in [0.29, 0.717) is 10.7 Å². The number of rotatable bonds is 2. The van der Waals surface area contributed by atoms with Gasteiger partial charge in [0.25, 0.3) is 5.91 Å². The molecule has 1 saturated heterocycles. The van der Waals surface area contributed by atoms with Crippen LogP contribution in [0.1, 0.15) is 36.8 Å². The third-order valence-corrected chi connectivity index (χ3v) is 3.42. The van der Waals surface area contributed by atoms with Gasteiger partial charge in [-0.25, -0.2) is 0 Å². The van der Waals surface area contributed by atoms with Crippen LogP contribution in [0.3, 0.4) is 0 Å². The van der Waals surface area contributed by atoms with Crippen LogP contribution in [-0.2, 0) is 0 Å². The number of hydrogen-bond acceptors (Lipinski definition) is 2. The monoisotopic (exact) mass is 269 g/mol. The molecule has 2 rings (SSSR count). The summed E-state index contributed by atoms with van der Waals surface area (Å²) in [4.78, 5) is 14.4. The fourth-order valence-electron chi connectivity index (χ4n) is 2.26. The zero-order chi connectivity index (χ0) is 13.1. The van der Waals surface area contributed by atoms with Gasteiger partial charge in [-0.2, -0.15) is 0 Å². The van der Waals surface area contributed by atoms with Crippen LogP contribution in [0.25, 0.3) is 0 Å². The minimum atomic E-state index is 0.0827. The molecule has 100 valence electrons. The quantitative estimate of drug-likeness (QED) is 0.893. The fraction of sp³-hybridized carbons (Fsp3) is 0.615. The molecule has 1 N–H and O–H groups in total. The molecule has 2 heterocycles. The van der Waals surface area contributed by atoms with E-state index in [2.05, 4.69) is 19.2 Å². The van der Waals surface area contributed by atoms with Crippen molar-refractivity contribution in [1.29, 1.82) is 0 Å². The van der Waals surface area contributed by atoms with Crippen molar-refractivity contribution in [3.05, 3.63) is 23.0 Å². The van der Waals surface area contributed by atoms with Crippen LogP contribution in [-0.4, -0.2) is 41.6 Å². The van der Waals surface area contributed by atoms with Crippen LogP contribution in [0.4, 0.5) is 0 Å². The highest BCUT2D eigenvalue weighted by molar-refractivity contribution is 6.31. The van der Waals surface area contributed by atoms with Gasteiger partial charge in [0.15, 0.2) is 0 Å². The van der Waals surface area contributed by atoms with Crippen molar-refractivity contribution in [2.75, 3.05) is 26.2 Å². The Bertz CT molecular complexity index is 420. The van der Waals surface area contributed by atoms with E-state index >= 15 is 0 Å². The first-order chi connectivity index (χ1) is 8.59. The summed E-state index contributed by atoms with van der Waals surface area (Å²) < 4.78 is 1.95. The minimum Gasteiger partial charge on any atom is -0.339 e. The lowest BCUT2D eigenvalue weighted by atomic mass is 10.3. The van der Waals surface area contributed by atoms with Gasteiger partial charge in [-0.3, -0.25) is 4.79 Å². The molecule has 18 heavy (non-hydrogen) atoms. The molecular weight excluding hydrogens is 250 g/mol. The van der Waals surface area contributed by atoms with E-state index in [9.17, 15) is 4.79 Å². The number of aromatic nitrogens is 1. The first-order valence-electron chi connectivity index (χ1n) is 6.47. The SMILES string of the molecule is CC(C)n1cc(Cl)cc1C(=O)N1CCCNCC1. The van der Waals surface area contributed by atoms with Crippen molar-refractivity contribution in [2.24, 2.45) is 0 Å². The molecule has 4 nitrogen and oxygen atoms in total. The number of halogens is 1. The molecular formula is C13H20ClN3O. The molecule has 0 aromatic carbocycles. The van der Waals surface area contributed by atoms with Crippen LogP contribution < -0.4 is 5.32 Å². The molecule has 0 unspecified atom stereocenters. The van der Waals surface area contributed by atoms with Gasteiger partial charge in [0.2, 0.25) is 0 Å². The van der Waals surface area contributed by atoms with E-state index in [1.165, 1.54) is 0 Å². The van der Waals surface area contributed by atoms with Crippen LogP contribution in [0.5, 0.6) is 0 Å². The molecule has 5 heteroatoms. The molecule has 1 aromatic rings. The lowest BCUT2D eigenvalue weighted by molar-refractivity contribution is 0.0754. The average molecular weight is 270 g/mol. The highest BCUT2D eigenvalue weighted by atomic mass is 35.5. The lowest BCUT2D eigenvalue weighted by Crippen LogP contribution is -2.35. The number of nitrogens with zero attached hydrogens (tertiary/aromatic N) is 2. The Labute approximate surface area is 113 Å². The number of carbonyl (C=O) groups excluding carboxylic acids is 1. The van der Waals surface area contributed by atoms with E-state index in [-0.39, 0.29) is 11.9 Å². The zero-order valence-electron chi connectivity index (χ0n) is 10.9. The van der Waals surface area contributed by atoms with Gasteiger partial charge in [0.1, 0.15) is 5.69 Å². The summed E-state index contributed by atoms with van der Waals surface area (Å²) >= 11 is 6.02. The molecule has 1 amide bonds. The normalized spacial score (nSPS) is 17.0. The Hall–Kier alpha value is -1.00. The molecule has 0 aliphatic carbocycles. The topological polar surface area (TPSA) is 37.3 Å². The number of carbonyl (C=O) groups is 1. The summed E-state index contributed by atoms with van der Waals surface area (Å²) in [6.07, 6.45) is 2.83. The number of nitrogens with one attached hydrogen (secondary N) is 1. The van der Waals surface area contributed by atoms with Gasteiger partial charge in [0.05, 0.1) is 5.02 Å². The van der Waals surface area contributed by atoms with E-state index in [0.717, 1.165) is 32.6 Å². The van der Waals surface area contributed by atoms with Crippen molar-refractivity contribution in [3.8, 4) is 0 Å². The van der Waals surface area contributed by atoms with E-state index in [1.807, 2.05) is 15.7 Å². The summed E-state index contributed by atoms with van der Waals surface area (Å²) in [7, 11) is 0. The van der Waals surface area contributed by atoms with E-state index < -0.39 is 0 Å². The highest BCUT2D eigenvalue weighted by Crippen LogP contribution is 2.20. The molecule has 0 saturated carbocycles. The molecule has 1 fully saturated rings. The van der Waals surface area contributed by atoms with Gasteiger partial charge in [0, 0.05) is 31.9 Å². The van der Waals surface area contributed by atoms with Crippen LogP contribution in [0.2, 0.25) is 5.02 Å². The second kappa shape index (κ2) is 5.76. The van der Waals surface area contributed by atoms with Crippen LogP contribution in [0.15, 0.2) is 12.3 Å². The fourth-order valence-corrected chi connectivity index (χ4v) is 2.46. The lowest BCUT2D eigenvalue weighted by Gasteiger charge is -2.21. The summed E-state index contributed by atoms with van der Waals surface area (Å²) in [6.45, 7) is 7.53. The third kappa shape index (κ3) is 2.87. The highest BCUT2D eigenvalue weighted by Gasteiger charge is 2.21. The Morgan fingerprint density at radius 3 is 2.89 bits per heavy atom. The van der Waals surface area contributed by atoms with Crippen molar-refractivity contribution in [2.45, 2.75) is 26.3 Å². The van der Waals surface area contributed by atoms with Gasteiger partial charge in [-0.15, -0.1) is 0 Å². The van der Waals surface area contributed by atoms with Gasteiger partial charge in [-0.05, 0) is 32.9 Å². The average Bonchev–Trinajstić information content (AvgIpc) is 2.56. The zero-order valence-corrected chi connectivity index (χ0v) is 11.7. The van der Waals surface area contributed by atoms with E-state index in [4.69, 9.17) is 11.6 Å².